The molecule has 1 atom stereocenters. The Balaban J connectivity index is 3.52. The predicted octanol–water partition coefficient (Wildman–Crippen LogP) is 2.23. The third kappa shape index (κ3) is 9.16. The molecule has 0 rings (SSSR count). The van der Waals surface area contributed by atoms with Gasteiger partial charge in [0, 0.05) is 11.8 Å². The standard InChI is InChI=1S/C12H27NO2S/c1-5-16(14,15)9-7-6-8-12(4)10-13-11(2)3/h11-13H,5-10H2,1-4H3. The first-order valence-electron chi connectivity index (χ1n) is 6.31. The average molecular weight is 249 g/mol. The number of hydrogen-bond donors (Lipinski definition) is 1. The monoisotopic (exact) mass is 249 g/mol. The van der Waals surface area contributed by atoms with Crippen molar-refractivity contribution in [3.63, 3.8) is 0 Å². The molecule has 0 heterocycles. The lowest BCUT2D eigenvalue weighted by molar-refractivity contribution is 0.441. The molecular weight excluding hydrogens is 222 g/mol. The van der Waals surface area contributed by atoms with Crippen molar-refractivity contribution < 1.29 is 8.42 Å². The van der Waals surface area contributed by atoms with Gasteiger partial charge in [0.15, 0.2) is 0 Å². The van der Waals surface area contributed by atoms with Crippen molar-refractivity contribution in [2.45, 2.75) is 53.0 Å². The summed E-state index contributed by atoms with van der Waals surface area (Å²) < 4.78 is 22.5. The molecule has 0 radical (unpaired) electrons. The zero-order chi connectivity index (χ0) is 12.6. The van der Waals surface area contributed by atoms with Gasteiger partial charge in [-0.05, 0) is 25.3 Å². The van der Waals surface area contributed by atoms with E-state index in [4.69, 9.17) is 0 Å². The maximum Gasteiger partial charge on any atom is 0.150 e. The van der Waals surface area contributed by atoms with E-state index in [0.29, 0.717) is 17.7 Å². The van der Waals surface area contributed by atoms with Crippen LogP contribution in [0.1, 0.15) is 47.0 Å². The van der Waals surface area contributed by atoms with E-state index in [1.807, 2.05) is 0 Å². The van der Waals surface area contributed by atoms with E-state index >= 15 is 0 Å². The van der Waals surface area contributed by atoms with Crippen LogP contribution in [0.25, 0.3) is 0 Å². The van der Waals surface area contributed by atoms with Crippen LogP contribution in [-0.2, 0) is 9.84 Å². The van der Waals surface area contributed by atoms with Gasteiger partial charge in [0.2, 0.25) is 0 Å². The lowest BCUT2D eigenvalue weighted by Crippen LogP contribution is -2.27. The number of nitrogens with one attached hydrogen (secondary N) is 1. The van der Waals surface area contributed by atoms with Crippen LogP contribution in [0.3, 0.4) is 0 Å². The van der Waals surface area contributed by atoms with Gasteiger partial charge < -0.3 is 5.32 Å². The molecule has 16 heavy (non-hydrogen) atoms. The fourth-order valence-corrected chi connectivity index (χ4v) is 2.43. The van der Waals surface area contributed by atoms with Crippen LogP contribution in [0.4, 0.5) is 0 Å². The van der Waals surface area contributed by atoms with E-state index in [-0.39, 0.29) is 5.75 Å². The van der Waals surface area contributed by atoms with Crippen LogP contribution in [0, 0.1) is 5.92 Å². The molecule has 0 saturated heterocycles. The van der Waals surface area contributed by atoms with Gasteiger partial charge in [0.1, 0.15) is 9.84 Å². The van der Waals surface area contributed by atoms with Crippen LogP contribution >= 0.6 is 0 Å². The van der Waals surface area contributed by atoms with Gasteiger partial charge in [0.05, 0.1) is 5.75 Å². The Kier molecular flexibility index (Phi) is 8.02. The van der Waals surface area contributed by atoms with Gasteiger partial charge in [-0.2, -0.15) is 0 Å². The summed E-state index contributed by atoms with van der Waals surface area (Å²) in [4.78, 5) is 0. The Hall–Kier alpha value is -0.0900. The van der Waals surface area contributed by atoms with E-state index in [9.17, 15) is 8.42 Å². The van der Waals surface area contributed by atoms with Crippen LogP contribution in [0.2, 0.25) is 0 Å². The fraction of sp³-hybridized carbons (Fsp3) is 1.00. The highest BCUT2D eigenvalue weighted by Gasteiger charge is 2.08. The second-order valence-corrected chi connectivity index (χ2v) is 7.37. The van der Waals surface area contributed by atoms with E-state index in [0.717, 1.165) is 25.8 Å². The van der Waals surface area contributed by atoms with Crippen molar-refractivity contribution in [3.05, 3.63) is 0 Å². The maximum atomic E-state index is 11.2. The van der Waals surface area contributed by atoms with Crippen molar-refractivity contribution in [1.29, 1.82) is 0 Å². The minimum Gasteiger partial charge on any atom is -0.314 e. The van der Waals surface area contributed by atoms with E-state index < -0.39 is 9.84 Å². The summed E-state index contributed by atoms with van der Waals surface area (Å²) in [6, 6.07) is 0.530. The molecule has 0 fully saturated rings. The molecule has 0 amide bonds. The molecule has 0 saturated carbocycles. The van der Waals surface area contributed by atoms with Gasteiger partial charge in [-0.25, -0.2) is 8.42 Å². The topological polar surface area (TPSA) is 46.2 Å². The van der Waals surface area contributed by atoms with Gasteiger partial charge >= 0.3 is 0 Å². The number of hydrogen-bond acceptors (Lipinski definition) is 3. The van der Waals surface area contributed by atoms with Crippen molar-refractivity contribution in [2.24, 2.45) is 5.92 Å². The third-order valence-corrected chi connectivity index (χ3v) is 4.51. The maximum absolute atomic E-state index is 11.2. The Morgan fingerprint density at radius 3 is 2.25 bits per heavy atom. The molecule has 0 aliphatic heterocycles. The van der Waals surface area contributed by atoms with Crippen molar-refractivity contribution in [3.8, 4) is 0 Å². The van der Waals surface area contributed by atoms with Gasteiger partial charge in [-0.1, -0.05) is 34.1 Å². The van der Waals surface area contributed by atoms with Gasteiger partial charge in [0.25, 0.3) is 0 Å². The SMILES string of the molecule is CCS(=O)(=O)CCCCC(C)CNC(C)C. The molecule has 0 aliphatic rings. The van der Waals surface area contributed by atoms with Gasteiger partial charge in [-0.15, -0.1) is 0 Å². The minimum atomic E-state index is -2.76. The van der Waals surface area contributed by atoms with Crippen molar-refractivity contribution >= 4 is 9.84 Å². The molecule has 1 N–H and O–H groups in total. The summed E-state index contributed by atoms with van der Waals surface area (Å²) in [6.07, 6.45) is 2.93. The van der Waals surface area contributed by atoms with Gasteiger partial charge in [-0.3, -0.25) is 0 Å². The molecule has 0 aromatic rings. The molecule has 0 aromatic carbocycles. The predicted molar refractivity (Wildman–Crippen MR) is 70.5 cm³/mol. The molecule has 98 valence electrons. The summed E-state index contributed by atoms with van der Waals surface area (Å²) in [5.41, 5.74) is 0. The van der Waals surface area contributed by atoms with Crippen molar-refractivity contribution in [1.82, 2.24) is 5.32 Å². The van der Waals surface area contributed by atoms with E-state index in [2.05, 4.69) is 26.1 Å². The average Bonchev–Trinajstić information content (AvgIpc) is 2.21. The zero-order valence-electron chi connectivity index (χ0n) is 11.1. The Morgan fingerprint density at radius 1 is 1.12 bits per heavy atom. The molecule has 1 unspecified atom stereocenters. The molecule has 3 nitrogen and oxygen atoms in total. The molecule has 0 aliphatic carbocycles. The fourth-order valence-electron chi connectivity index (χ4n) is 1.50. The Labute approximate surface area is 101 Å². The van der Waals surface area contributed by atoms with E-state index in [1.165, 1.54) is 0 Å². The third-order valence-electron chi connectivity index (χ3n) is 2.72. The summed E-state index contributed by atoms with van der Waals surface area (Å²) in [5, 5.41) is 3.40. The number of sulfone groups is 1. The van der Waals surface area contributed by atoms with E-state index in [1.54, 1.807) is 6.92 Å². The first-order chi connectivity index (χ1) is 7.37. The summed E-state index contributed by atoms with van der Waals surface area (Å²) in [7, 11) is -2.76. The Bertz CT molecular complexity index is 260. The molecule has 0 bridgehead atoms. The molecule has 4 heteroatoms. The first kappa shape index (κ1) is 15.9. The van der Waals surface area contributed by atoms with Crippen molar-refractivity contribution in [2.75, 3.05) is 18.1 Å². The lowest BCUT2D eigenvalue weighted by Gasteiger charge is -2.14. The molecular formula is C12H27NO2S. The van der Waals surface area contributed by atoms with Crippen LogP contribution < -0.4 is 5.32 Å². The summed E-state index contributed by atoms with van der Waals surface area (Å²) in [5.74, 6) is 1.26. The Morgan fingerprint density at radius 2 is 1.75 bits per heavy atom. The summed E-state index contributed by atoms with van der Waals surface area (Å²) in [6.45, 7) is 9.23. The normalized spacial score (nSPS) is 14.3. The quantitative estimate of drug-likeness (QED) is 0.637. The van der Waals surface area contributed by atoms with Crippen LogP contribution in [0.5, 0.6) is 0 Å². The highest BCUT2D eigenvalue weighted by atomic mass is 32.2. The largest absolute Gasteiger partial charge is 0.314 e. The highest BCUT2D eigenvalue weighted by molar-refractivity contribution is 7.91. The summed E-state index contributed by atoms with van der Waals surface area (Å²) >= 11 is 0. The lowest BCUT2D eigenvalue weighted by atomic mass is 10.0. The second-order valence-electron chi connectivity index (χ2n) is 4.90. The molecule has 0 spiro atoms. The van der Waals surface area contributed by atoms with Crippen LogP contribution in [0.15, 0.2) is 0 Å². The highest BCUT2D eigenvalue weighted by Crippen LogP contribution is 2.08. The van der Waals surface area contributed by atoms with Crippen LogP contribution in [-0.4, -0.2) is 32.5 Å². The smallest absolute Gasteiger partial charge is 0.150 e. The number of rotatable bonds is 9. The minimum absolute atomic E-state index is 0.275. The zero-order valence-corrected chi connectivity index (χ0v) is 11.9. The second kappa shape index (κ2) is 8.07. The number of unbranched alkanes of at least 4 members (excludes halogenated alkanes) is 1. The molecule has 0 aromatic heterocycles. The first-order valence-corrected chi connectivity index (χ1v) is 8.13.